The first-order valence-electron chi connectivity index (χ1n) is 7.19. The summed E-state index contributed by atoms with van der Waals surface area (Å²) in [6, 6.07) is 6.23. The minimum atomic E-state index is 0.0923. The third kappa shape index (κ3) is 3.98. The molecule has 3 heteroatoms. The summed E-state index contributed by atoms with van der Waals surface area (Å²) in [4.78, 5) is 12.1. The molecule has 0 unspecified atom stereocenters. The van der Waals surface area contributed by atoms with Crippen molar-refractivity contribution in [2.45, 2.75) is 52.0 Å². The first-order chi connectivity index (χ1) is 9.04. The molecule has 1 saturated carbocycles. The van der Waals surface area contributed by atoms with Crippen molar-refractivity contribution in [1.29, 1.82) is 0 Å². The van der Waals surface area contributed by atoms with Gasteiger partial charge in [-0.1, -0.05) is 31.9 Å². The Bertz CT molecular complexity index is 456. The van der Waals surface area contributed by atoms with Gasteiger partial charge in [0.05, 0.1) is 6.42 Å². The highest BCUT2D eigenvalue weighted by Crippen LogP contribution is 2.23. The lowest BCUT2D eigenvalue weighted by molar-refractivity contribution is -0.121. The van der Waals surface area contributed by atoms with E-state index in [0.717, 1.165) is 29.9 Å². The number of carbonyl (C=O) groups is 1. The van der Waals surface area contributed by atoms with Crippen LogP contribution in [0.15, 0.2) is 18.2 Å². The Morgan fingerprint density at radius 3 is 2.89 bits per heavy atom. The summed E-state index contributed by atoms with van der Waals surface area (Å²) >= 11 is 0. The zero-order valence-corrected chi connectivity index (χ0v) is 11.9. The highest BCUT2D eigenvalue weighted by molar-refractivity contribution is 5.80. The second kappa shape index (κ2) is 6.09. The molecule has 0 spiro atoms. The van der Waals surface area contributed by atoms with Gasteiger partial charge in [-0.25, -0.2) is 0 Å². The molecular formula is C16H24N2O. The molecule has 1 fully saturated rings. The fraction of sp³-hybridized carbons (Fsp3) is 0.562. The number of nitrogen functional groups attached to an aromatic ring is 1. The van der Waals surface area contributed by atoms with Crippen LogP contribution in [0.1, 0.15) is 43.7 Å². The normalized spacial score (nSPS) is 23.1. The molecule has 0 radical (unpaired) electrons. The number of aryl methyl sites for hydroxylation is 1. The fourth-order valence-corrected chi connectivity index (χ4v) is 2.89. The van der Waals surface area contributed by atoms with Crippen LogP contribution in [-0.4, -0.2) is 11.9 Å². The topological polar surface area (TPSA) is 55.1 Å². The molecule has 0 bridgehead atoms. The Morgan fingerprint density at radius 1 is 1.42 bits per heavy atom. The van der Waals surface area contributed by atoms with Gasteiger partial charge in [0, 0.05) is 11.7 Å². The van der Waals surface area contributed by atoms with Crippen molar-refractivity contribution >= 4 is 11.6 Å². The fourth-order valence-electron chi connectivity index (χ4n) is 2.89. The molecular weight excluding hydrogens is 236 g/mol. The number of amides is 1. The van der Waals surface area contributed by atoms with E-state index in [0.29, 0.717) is 18.2 Å². The summed E-state index contributed by atoms with van der Waals surface area (Å²) in [5.74, 6) is 0.818. The summed E-state index contributed by atoms with van der Waals surface area (Å²) in [6.45, 7) is 4.26. The van der Waals surface area contributed by atoms with Crippen molar-refractivity contribution in [3.8, 4) is 0 Å². The molecule has 0 aliphatic heterocycles. The predicted octanol–water partition coefficient (Wildman–Crippen LogP) is 2.81. The van der Waals surface area contributed by atoms with Crippen LogP contribution in [0.5, 0.6) is 0 Å². The molecule has 1 aliphatic carbocycles. The molecule has 1 aromatic rings. The summed E-state index contributed by atoms with van der Waals surface area (Å²) in [6.07, 6.45) is 5.11. The quantitative estimate of drug-likeness (QED) is 0.821. The molecule has 1 amide bonds. The average Bonchev–Trinajstić information content (AvgIpc) is 2.33. The minimum absolute atomic E-state index is 0.0923. The van der Waals surface area contributed by atoms with Crippen LogP contribution in [0.4, 0.5) is 5.69 Å². The van der Waals surface area contributed by atoms with Gasteiger partial charge >= 0.3 is 0 Å². The van der Waals surface area contributed by atoms with Crippen molar-refractivity contribution in [3.63, 3.8) is 0 Å². The smallest absolute Gasteiger partial charge is 0.224 e. The van der Waals surface area contributed by atoms with Crippen LogP contribution < -0.4 is 11.1 Å². The molecule has 0 heterocycles. The standard InChI is InChI=1S/C16H24N2O/c1-11-4-3-5-14(8-11)18-16(19)10-13-7-6-12(2)9-15(13)17/h6-7,9,11,14H,3-5,8,10,17H2,1-2H3,(H,18,19)/t11-,14+/m0/s1. The van der Waals surface area contributed by atoms with E-state index in [1.54, 1.807) is 0 Å². The first kappa shape index (κ1) is 13.9. The monoisotopic (exact) mass is 260 g/mol. The largest absolute Gasteiger partial charge is 0.398 e. The van der Waals surface area contributed by atoms with E-state index in [-0.39, 0.29) is 5.91 Å². The van der Waals surface area contributed by atoms with Crippen LogP contribution in [0.25, 0.3) is 0 Å². The lowest BCUT2D eigenvalue weighted by Gasteiger charge is -2.27. The van der Waals surface area contributed by atoms with Gasteiger partial charge in [0.15, 0.2) is 0 Å². The first-order valence-corrected chi connectivity index (χ1v) is 7.19. The van der Waals surface area contributed by atoms with Crippen molar-refractivity contribution in [1.82, 2.24) is 5.32 Å². The Hall–Kier alpha value is -1.51. The van der Waals surface area contributed by atoms with Gasteiger partial charge in [-0.3, -0.25) is 4.79 Å². The molecule has 1 aliphatic rings. The van der Waals surface area contributed by atoms with Crippen LogP contribution in [-0.2, 0) is 11.2 Å². The van der Waals surface area contributed by atoms with Gasteiger partial charge in [-0.2, -0.15) is 0 Å². The number of hydrogen-bond acceptors (Lipinski definition) is 2. The summed E-state index contributed by atoms with van der Waals surface area (Å²) < 4.78 is 0. The van der Waals surface area contributed by atoms with E-state index < -0.39 is 0 Å². The van der Waals surface area contributed by atoms with Gasteiger partial charge in [0.25, 0.3) is 0 Å². The molecule has 19 heavy (non-hydrogen) atoms. The number of hydrogen-bond donors (Lipinski definition) is 2. The van der Waals surface area contributed by atoms with Crippen LogP contribution >= 0.6 is 0 Å². The van der Waals surface area contributed by atoms with E-state index in [1.165, 1.54) is 12.8 Å². The maximum atomic E-state index is 12.1. The van der Waals surface area contributed by atoms with Gasteiger partial charge in [-0.05, 0) is 42.9 Å². The van der Waals surface area contributed by atoms with E-state index >= 15 is 0 Å². The molecule has 0 aromatic heterocycles. The van der Waals surface area contributed by atoms with Crippen LogP contribution in [0.2, 0.25) is 0 Å². The average molecular weight is 260 g/mol. The zero-order chi connectivity index (χ0) is 13.8. The van der Waals surface area contributed by atoms with Crippen LogP contribution in [0, 0.1) is 12.8 Å². The van der Waals surface area contributed by atoms with E-state index in [2.05, 4.69) is 12.2 Å². The lowest BCUT2D eigenvalue weighted by atomic mass is 9.87. The van der Waals surface area contributed by atoms with E-state index in [9.17, 15) is 4.79 Å². The molecule has 2 rings (SSSR count). The second-order valence-electron chi connectivity index (χ2n) is 5.92. The van der Waals surface area contributed by atoms with Crippen LogP contribution in [0.3, 0.4) is 0 Å². The van der Waals surface area contributed by atoms with Gasteiger partial charge in [-0.15, -0.1) is 0 Å². The minimum Gasteiger partial charge on any atom is -0.398 e. The van der Waals surface area contributed by atoms with Gasteiger partial charge < -0.3 is 11.1 Å². The molecule has 2 atom stereocenters. The molecule has 0 saturated heterocycles. The number of nitrogens with one attached hydrogen (secondary N) is 1. The van der Waals surface area contributed by atoms with E-state index in [1.807, 2.05) is 25.1 Å². The molecule has 3 N–H and O–H groups in total. The molecule has 1 aromatic carbocycles. The Labute approximate surface area is 115 Å². The Kier molecular flexibility index (Phi) is 4.46. The predicted molar refractivity (Wildman–Crippen MR) is 78.9 cm³/mol. The Morgan fingerprint density at radius 2 is 2.21 bits per heavy atom. The number of rotatable bonds is 3. The van der Waals surface area contributed by atoms with Crippen molar-refractivity contribution in [3.05, 3.63) is 29.3 Å². The SMILES string of the molecule is Cc1ccc(CC(=O)N[C@@H]2CCC[C@H](C)C2)c(N)c1. The maximum Gasteiger partial charge on any atom is 0.224 e. The maximum absolute atomic E-state index is 12.1. The summed E-state index contributed by atoms with van der Waals surface area (Å²) in [7, 11) is 0. The molecule has 3 nitrogen and oxygen atoms in total. The number of anilines is 1. The summed E-state index contributed by atoms with van der Waals surface area (Å²) in [5, 5.41) is 3.15. The molecule has 104 valence electrons. The van der Waals surface area contributed by atoms with Gasteiger partial charge in [0.2, 0.25) is 5.91 Å². The lowest BCUT2D eigenvalue weighted by Crippen LogP contribution is -2.38. The highest BCUT2D eigenvalue weighted by atomic mass is 16.1. The van der Waals surface area contributed by atoms with Gasteiger partial charge in [0.1, 0.15) is 0 Å². The van der Waals surface area contributed by atoms with Crippen molar-refractivity contribution in [2.75, 3.05) is 5.73 Å². The summed E-state index contributed by atoms with van der Waals surface area (Å²) in [5.41, 5.74) is 8.71. The zero-order valence-electron chi connectivity index (χ0n) is 11.9. The van der Waals surface area contributed by atoms with Crippen molar-refractivity contribution < 1.29 is 4.79 Å². The Balaban J connectivity index is 1.90. The third-order valence-electron chi connectivity index (χ3n) is 3.95. The van der Waals surface area contributed by atoms with E-state index in [4.69, 9.17) is 5.73 Å². The van der Waals surface area contributed by atoms with Crippen molar-refractivity contribution in [2.24, 2.45) is 5.92 Å². The second-order valence-corrected chi connectivity index (χ2v) is 5.92. The number of nitrogens with two attached hydrogens (primary N) is 1. The number of benzene rings is 1. The highest BCUT2D eigenvalue weighted by Gasteiger charge is 2.20. The number of carbonyl (C=O) groups excluding carboxylic acids is 1. The third-order valence-corrected chi connectivity index (χ3v) is 3.95.